The molecule has 2 aliphatic heterocycles. The average molecular weight is 309 g/mol. The fourth-order valence-electron chi connectivity index (χ4n) is 3.58. The van der Waals surface area contributed by atoms with Crippen molar-refractivity contribution in [2.24, 2.45) is 0 Å². The molecule has 2 atom stereocenters. The number of alkyl halides is 1. The Hall–Kier alpha value is -1.62. The number of halogens is 1. The van der Waals surface area contributed by atoms with Gasteiger partial charge in [0.1, 0.15) is 0 Å². The first-order chi connectivity index (χ1) is 9.97. The number of carbonyl (C=O) groups is 1. The highest BCUT2D eigenvalue weighted by atomic mass is 35.5. The molecule has 0 radical (unpaired) electrons. The second kappa shape index (κ2) is 5.30. The molecule has 1 aromatic rings. The van der Waals surface area contributed by atoms with Crippen molar-refractivity contribution in [2.75, 3.05) is 0 Å². The van der Waals surface area contributed by atoms with E-state index >= 15 is 0 Å². The molecule has 21 heavy (non-hydrogen) atoms. The second-order valence-electron chi connectivity index (χ2n) is 5.92. The summed E-state index contributed by atoms with van der Waals surface area (Å²) in [5.74, 6) is -0.0153. The summed E-state index contributed by atoms with van der Waals surface area (Å²) in [6.45, 7) is 1.75. The number of nitro groups is 1. The van der Waals surface area contributed by atoms with Crippen LogP contribution in [0.25, 0.3) is 0 Å². The highest BCUT2D eigenvalue weighted by Crippen LogP contribution is 2.39. The molecule has 112 valence electrons. The van der Waals surface area contributed by atoms with Crippen LogP contribution in [0.3, 0.4) is 0 Å². The zero-order chi connectivity index (χ0) is 15.1. The normalized spacial score (nSPS) is 27.7. The van der Waals surface area contributed by atoms with Crippen LogP contribution in [0.5, 0.6) is 0 Å². The number of hydrogen-bond acceptors (Lipinski definition) is 3. The van der Waals surface area contributed by atoms with E-state index in [1.807, 2.05) is 4.90 Å². The summed E-state index contributed by atoms with van der Waals surface area (Å²) in [5, 5.41) is 10.9. The van der Waals surface area contributed by atoms with Gasteiger partial charge < -0.3 is 4.90 Å². The fourth-order valence-corrected chi connectivity index (χ4v) is 3.99. The van der Waals surface area contributed by atoms with Crippen LogP contribution in [0, 0.1) is 17.0 Å². The van der Waals surface area contributed by atoms with Crippen LogP contribution in [0.15, 0.2) is 18.2 Å². The number of aryl methyl sites for hydroxylation is 1. The second-order valence-corrected chi connectivity index (χ2v) is 6.54. The molecule has 6 heteroatoms. The molecule has 2 saturated heterocycles. The standard InChI is InChI=1S/C15H17ClN2O3/c1-9-6-13(18(20)21)4-5-14(9)15(19)17-11-2-3-12(17)8-10(16)7-11/h4-6,10-12H,2-3,7-8H2,1H3. The third-order valence-electron chi connectivity index (χ3n) is 4.56. The van der Waals surface area contributed by atoms with Gasteiger partial charge in [0.05, 0.1) is 4.92 Å². The topological polar surface area (TPSA) is 63.5 Å². The van der Waals surface area contributed by atoms with Crippen molar-refractivity contribution < 1.29 is 9.72 Å². The zero-order valence-electron chi connectivity index (χ0n) is 11.8. The first kappa shape index (κ1) is 14.3. The van der Waals surface area contributed by atoms with Gasteiger partial charge in [-0.15, -0.1) is 11.6 Å². The number of hydrogen-bond donors (Lipinski definition) is 0. The summed E-state index contributed by atoms with van der Waals surface area (Å²) >= 11 is 6.24. The van der Waals surface area contributed by atoms with Crippen LogP contribution in [0.2, 0.25) is 0 Å². The van der Waals surface area contributed by atoms with Crippen LogP contribution >= 0.6 is 11.6 Å². The number of piperidine rings is 1. The lowest BCUT2D eigenvalue weighted by Gasteiger charge is -2.37. The lowest BCUT2D eigenvalue weighted by atomic mass is 9.99. The van der Waals surface area contributed by atoms with Gasteiger partial charge in [-0.25, -0.2) is 0 Å². The lowest BCUT2D eigenvalue weighted by molar-refractivity contribution is -0.384. The van der Waals surface area contributed by atoms with E-state index < -0.39 is 4.92 Å². The molecule has 2 fully saturated rings. The minimum atomic E-state index is -0.441. The van der Waals surface area contributed by atoms with Gasteiger partial charge in [0.2, 0.25) is 0 Å². The fraction of sp³-hybridized carbons (Fsp3) is 0.533. The molecule has 5 nitrogen and oxygen atoms in total. The number of carbonyl (C=O) groups excluding carboxylic acids is 1. The minimum Gasteiger partial charge on any atom is -0.333 e. The van der Waals surface area contributed by atoms with Gasteiger partial charge in [-0.3, -0.25) is 14.9 Å². The molecule has 0 N–H and O–H groups in total. The molecular formula is C15H17ClN2O3. The van der Waals surface area contributed by atoms with Crippen molar-refractivity contribution in [3.8, 4) is 0 Å². The third-order valence-corrected chi connectivity index (χ3v) is 4.92. The Kier molecular flexibility index (Phi) is 3.61. The molecule has 2 aliphatic rings. The smallest absolute Gasteiger partial charge is 0.269 e. The minimum absolute atomic E-state index is 0.0153. The summed E-state index contributed by atoms with van der Waals surface area (Å²) in [7, 11) is 0. The SMILES string of the molecule is Cc1cc([N+](=O)[O-])ccc1C(=O)N1C2CCC1CC(Cl)C2. The Morgan fingerprint density at radius 3 is 2.48 bits per heavy atom. The number of non-ortho nitro benzene ring substituents is 1. The summed E-state index contributed by atoms with van der Waals surface area (Å²) < 4.78 is 0. The quantitative estimate of drug-likeness (QED) is 0.478. The van der Waals surface area contributed by atoms with Gasteiger partial charge in [-0.05, 0) is 44.2 Å². The average Bonchev–Trinajstić information content (AvgIpc) is 2.70. The molecule has 0 saturated carbocycles. The maximum atomic E-state index is 12.8. The lowest BCUT2D eigenvalue weighted by Crippen LogP contribution is -2.47. The first-order valence-electron chi connectivity index (χ1n) is 7.19. The number of fused-ring (bicyclic) bond motifs is 2. The van der Waals surface area contributed by atoms with Crippen molar-refractivity contribution in [1.29, 1.82) is 0 Å². The maximum Gasteiger partial charge on any atom is 0.269 e. The highest BCUT2D eigenvalue weighted by Gasteiger charge is 2.43. The number of nitro benzene ring substituents is 1. The Balaban J connectivity index is 1.88. The predicted octanol–water partition coefficient (Wildman–Crippen LogP) is 3.28. The maximum absolute atomic E-state index is 12.8. The van der Waals surface area contributed by atoms with E-state index in [9.17, 15) is 14.9 Å². The van der Waals surface area contributed by atoms with Crippen molar-refractivity contribution in [3.63, 3.8) is 0 Å². The highest BCUT2D eigenvalue weighted by molar-refractivity contribution is 6.20. The number of amides is 1. The molecule has 1 aromatic carbocycles. The van der Waals surface area contributed by atoms with E-state index in [-0.39, 0.29) is 29.1 Å². The molecule has 3 rings (SSSR count). The van der Waals surface area contributed by atoms with Gasteiger partial charge in [0.15, 0.2) is 0 Å². The van der Waals surface area contributed by atoms with Crippen LogP contribution in [-0.2, 0) is 0 Å². The molecule has 0 aliphatic carbocycles. The molecule has 2 heterocycles. The van der Waals surface area contributed by atoms with Gasteiger partial charge in [0.25, 0.3) is 11.6 Å². The Morgan fingerprint density at radius 2 is 1.95 bits per heavy atom. The molecule has 2 unspecified atom stereocenters. The zero-order valence-corrected chi connectivity index (χ0v) is 12.5. The van der Waals surface area contributed by atoms with Crippen molar-refractivity contribution >= 4 is 23.2 Å². The van der Waals surface area contributed by atoms with E-state index in [0.717, 1.165) is 25.7 Å². The molecular weight excluding hydrogens is 292 g/mol. The molecule has 1 amide bonds. The molecule has 0 aromatic heterocycles. The summed E-state index contributed by atoms with van der Waals surface area (Å²) in [6, 6.07) is 4.86. The van der Waals surface area contributed by atoms with Crippen molar-refractivity contribution in [1.82, 2.24) is 4.90 Å². The van der Waals surface area contributed by atoms with Crippen LogP contribution < -0.4 is 0 Å². The third kappa shape index (κ3) is 2.50. The van der Waals surface area contributed by atoms with Crippen molar-refractivity contribution in [2.45, 2.75) is 50.1 Å². The summed E-state index contributed by atoms with van der Waals surface area (Å²) in [5.41, 5.74) is 1.23. The Bertz CT molecular complexity index is 591. The summed E-state index contributed by atoms with van der Waals surface area (Å²) in [6.07, 6.45) is 3.70. The Morgan fingerprint density at radius 1 is 1.33 bits per heavy atom. The number of rotatable bonds is 2. The van der Waals surface area contributed by atoms with Gasteiger partial charge in [-0.2, -0.15) is 0 Å². The van der Waals surface area contributed by atoms with Gasteiger partial charge in [-0.1, -0.05) is 0 Å². The van der Waals surface area contributed by atoms with E-state index in [2.05, 4.69) is 0 Å². The van der Waals surface area contributed by atoms with Crippen molar-refractivity contribution in [3.05, 3.63) is 39.4 Å². The predicted molar refractivity (Wildman–Crippen MR) is 79.7 cm³/mol. The number of benzene rings is 1. The first-order valence-corrected chi connectivity index (χ1v) is 7.63. The molecule has 0 spiro atoms. The summed E-state index contributed by atoms with van der Waals surface area (Å²) in [4.78, 5) is 25.1. The Labute approximate surface area is 128 Å². The number of nitrogens with zero attached hydrogens (tertiary/aromatic N) is 2. The van der Waals surface area contributed by atoms with Gasteiger partial charge >= 0.3 is 0 Å². The van der Waals surface area contributed by atoms with E-state index in [1.165, 1.54) is 12.1 Å². The van der Waals surface area contributed by atoms with E-state index in [4.69, 9.17) is 11.6 Å². The van der Waals surface area contributed by atoms with Crippen LogP contribution in [-0.4, -0.2) is 33.2 Å². The largest absolute Gasteiger partial charge is 0.333 e. The van der Waals surface area contributed by atoms with E-state index in [0.29, 0.717) is 11.1 Å². The van der Waals surface area contributed by atoms with Gasteiger partial charge in [0, 0.05) is 35.2 Å². The monoisotopic (exact) mass is 308 g/mol. The van der Waals surface area contributed by atoms with E-state index in [1.54, 1.807) is 13.0 Å². The van der Waals surface area contributed by atoms with Crippen LogP contribution in [0.1, 0.15) is 41.6 Å². The molecule has 2 bridgehead atoms. The van der Waals surface area contributed by atoms with Crippen LogP contribution in [0.4, 0.5) is 5.69 Å².